The first-order valence-corrected chi connectivity index (χ1v) is 10.2. The van der Waals surface area contributed by atoms with Gasteiger partial charge in [-0.15, -0.1) is 0 Å². The molecule has 1 atom stereocenters. The number of ether oxygens (including phenoxy) is 1. The van der Waals surface area contributed by atoms with Crippen LogP contribution in [0.15, 0.2) is 0 Å². The van der Waals surface area contributed by atoms with E-state index in [2.05, 4.69) is 12.2 Å². The average Bonchev–Trinajstić information content (AvgIpc) is 2.97. The van der Waals surface area contributed by atoms with Gasteiger partial charge in [0, 0.05) is 12.8 Å². The molecule has 1 heterocycles. The van der Waals surface area contributed by atoms with Gasteiger partial charge < -0.3 is 10.1 Å². The fourth-order valence-electron chi connectivity index (χ4n) is 3.20. The Morgan fingerprint density at radius 2 is 1.42 bits per heavy atom. The molecule has 0 saturated carbocycles. The molecule has 0 bridgehead atoms. The van der Waals surface area contributed by atoms with Crippen LogP contribution in [0.1, 0.15) is 103 Å². The number of nitrogens with one attached hydrogen (secondary N) is 1. The highest BCUT2D eigenvalue weighted by molar-refractivity contribution is 5.85. The van der Waals surface area contributed by atoms with Gasteiger partial charge in [-0.05, 0) is 6.42 Å². The van der Waals surface area contributed by atoms with E-state index in [0.29, 0.717) is 19.4 Å². The normalized spacial score (nSPS) is 17.0. The first kappa shape index (κ1) is 21.0. The third-order valence-electron chi connectivity index (χ3n) is 4.78. The van der Waals surface area contributed by atoms with Crippen LogP contribution in [0.4, 0.5) is 0 Å². The van der Waals surface area contributed by atoms with Crippen LogP contribution in [0.2, 0.25) is 0 Å². The summed E-state index contributed by atoms with van der Waals surface area (Å²) < 4.78 is 4.83. The van der Waals surface area contributed by atoms with Gasteiger partial charge in [0.2, 0.25) is 5.91 Å². The SMILES string of the molecule is CCCCCCCCCCCCCCCC(=O)NC1CCOC1=O. The second kappa shape index (κ2) is 14.3. The molecule has 1 amide bonds. The van der Waals surface area contributed by atoms with E-state index in [4.69, 9.17) is 4.74 Å². The minimum absolute atomic E-state index is 0.0121. The van der Waals surface area contributed by atoms with Gasteiger partial charge in [-0.25, -0.2) is 4.79 Å². The summed E-state index contributed by atoms with van der Waals surface area (Å²) in [4.78, 5) is 23.0. The van der Waals surface area contributed by atoms with Crippen molar-refractivity contribution in [3.63, 3.8) is 0 Å². The predicted octanol–water partition coefficient (Wildman–Crippen LogP) is 4.90. The summed E-state index contributed by atoms with van der Waals surface area (Å²) in [5, 5.41) is 2.76. The summed E-state index contributed by atoms with van der Waals surface area (Å²) in [5.41, 5.74) is 0. The van der Waals surface area contributed by atoms with Crippen molar-refractivity contribution >= 4 is 11.9 Å². The Bertz CT molecular complexity index is 344. The molecule has 1 aliphatic heterocycles. The zero-order valence-electron chi connectivity index (χ0n) is 15.6. The molecule has 1 fully saturated rings. The van der Waals surface area contributed by atoms with Crippen molar-refractivity contribution in [3.8, 4) is 0 Å². The van der Waals surface area contributed by atoms with Gasteiger partial charge >= 0.3 is 5.97 Å². The van der Waals surface area contributed by atoms with Gasteiger partial charge in [-0.3, -0.25) is 4.79 Å². The number of cyclic esters (lactones) is 1. The molecule has 4 nitrogen and oxygen atoms in total. The molecule has 24 heavy (non-hydrogen) atoms. The smallest absolute Gasteiger partial charge is 0.328 e. The Balaban J connectivity index is 1.78. The monoisotopic (exact) mass is 339 g/mol. The van der Waals surface area contributed by atoms with Gasteiger partial charge in [-0.2, -0.15) is 0 Å². The second-order valence-electron chi connectivity index (χ2n) is 7.07. The standard InChI is InChI=1S/C20H37NO3/c1-2-3-4-5-6-7-8-9-10-11-12-13-14-15-19(22)21-18-16-17-24-20(18)23/h18H,2-17H2,1H3,(H,21,22). The minimum Gasteiger partial charge on any atom is -0.464 e. The number of carbonyl (C=O) groups excluding carboxylic acids is 2. The van der Waals surface area contributed by atoms with Crippen LogP contribution < -0.4 is 5.32 Å². The van der Waals surface area contributed by atoms with Crippen LogP contribution in [0.3, 0.4) is 0 Å². The van der Waals surface area contributed by atoms with Crippen LogP contribution in [0, 0.1) is 0 Å². The molecule has 0 aliphatic carbocycles. The third-order valence-corrected chi connectivity index (χ3v) is 4.78. The molecule has 1 unspecified atom stereocenters. The van der Waals surface area contributed by atoms with E-state index in [1.165, 1.54) is 70.6 Å². The number of carbonyl (C=O) groups is 2. The maximum atomic E-state index is 11.7. The van der Waals surface area contributed by atoms with Gasteiger partial charge in [0.1, 0.15) is 6.04 Å². The third kappa shape index (κ3) is 10.7. The van der Waals surface area contributed by atoms with Crippen LogP contribution in [-0.2, 0) is 14.3 Å². The highest BCUT2D eigenvalue weighted by Gasteiger charge is 2.27. The van der Waals surface area contributed by atoms with E-state index >= 15 is 0 Å². The second-order valence-corrected chi connectivity index (χ2v) is 7.07. The number of hydrogen-bond donors (Lipinski definition) is 1. The van der Waals surface area contributed by atoms with Crippen LogP contribution >= 0.6 is 0 Å². The molecule has 0 radical (unpaired) electrons. The summed E-state index contributed by atoms with van der Waals surface area (Å²) in [6.07, 6.45) is 18.1. The Labute approximate surface area is 148 Å². The van der Waals surface area contributed by atoms with Gasteiger partial charge in [-0.1, -0.05) is 84.0 Å². The molecule has 4 heteroatoms. The number of amides is 1. The van der Waals surface area contributed by atoms with Crippen molar-refractivity contribution in [2.75, 3.05) is 6.61 Å². The summed E-state index contributed by atoms with van der Waals surface area (Å²) in [6, 6.07) is -0.403. The van der Waals surface area contributed by atoms with Crippen molar-refractivity contribution in [1.82, 2.24) is 5.32 Å². The molecule has 1 saturated heterocycles. The zero-order chi connectivity index (χ0) is 17.5. The molecule has 1 rings (SSSR count). The first-order chi connectivity index (χ1) is 11.7. The molecular formula is C20H37NO3. The number of esters is 1. The highest BCUT2D eigenvalue weighted by Crippen LogP contribution is 2.13. The maximum absolute atomic E-state index is 11.7. The van der Waals surface area contributed by atoms with Gasteiger partial charge in [0.15, 0.2) is 0 Å². The molecular weight excluding hydrogens is 302 g/mol. The van der Waals surface area contributed by atoms with E-state index in [-0.39, 0.29) is 11.9 Å². The number of rotatable bonds is 15. The lowest BCUT2D eigenvalue weighted by molar-refractivity contribution is -0.141. The Kier molecular flexibility index (Phi) is 12.5. The summed E-state index contributed by atoms with van der Waals surface area (Å²) in [6.45, 7) is 2.69. The molecule has 0 spiro atoms. The average molecular weight is 340 g/mol. The fourth-order valence-corrected chi connectivity index (χ4v) is 3.20. The summed E-state index contributed by atoms with van der Waals surface area (Å²) >= 11 is 0. The minimum atomic E-state index is -0.403. The molecule has 1 aliphatic rings. The van der Waals surface area contributed by atoms with Crippen molar-refractivity contribution < 1.29 is 14.3 Å². The molecule has 1 N–H and O–H groups in total. The first-order valence-electron chi connectivity index (χ1n) is 10.2. The van der Waals surface area contributed by atoms with E-state index in [9.17, 15) is 9.59 Å². The zero-order valence-corrected chi connectivity index (χ0v) is 15.6. The predicted molar refractivity (Wildman–Crippen MR) is 97.8 cm³/mol. The van der Waals surface area contributed by atoms with Crippen molar-refractivity contribution in [2.24, 2.45) is 0 Å². The highest BCUT2D eigenvalue weighted by atomic mass is 16.5. The Morgan fingerprint density at radius 1 is 0.917 bits per heavy atom. The molecule has 140 valence electrons. The van der Waals surface area contributed by atoms with Crippen molar-refractivity contribution in [1.29, 1.82) is 0 Å². The topological polar surface area (TPSA) is 55.4 Å². The van der Waals surface area contributed by atoms with E-state index in [1.54, 1.807) is 0 Å². The number of unbranched alkanes of at least 4 members (excludes halogenated alkanes) is 12. The van der Waals surface area contributed by atoms with E-state index in [0.717, 1.165) is 12.8 Å². The van der Waals surface area contributed by atoms with E-state index in [1.807, 2.05) is 0 Å². The van der Waals surface area contributed by atoms with Gasteiger partial charge in [0.05, 0.1) is 6.61 Å². The maximum Gasteiger partial charge on any atom is 0.328 e. The van der Waals surface area contributed by atoms with E-state index < -0.39 is 6.04 Å². The van der Waals surface area contributed by atoms with Crippen molar-refractivity contribution in [2.45, 2.75) is 109 Å². The summed E-state index contributed by atoms with van der Waals surface area (Å²) in [5.74, 6) is -0.296. The Hall–Kier alpha value is -1.06. The van der Waals surface area contributed by atoms with Gasteiger partial charge in [0.25, 0.3) is 0 Å². The largest absolute Gasteiger partial charge is 0.464 e. The lowest BCUT2D eigenvalue weighted by Gasteiger charge is -2.08. The fraction of sp³-hybridized carbons (Fsp3) is 0.900. The Morgan fingerprint density at radius 3 is 1.88 bits per heavy atom. The van der Waals surface area contributed by atoms with Crippen molar-refractivity contribution in [3.05, 3.63) is 0 Å². The molecule has 0 aromatic rings. The molecule has 0 aromatic carbocycles. The van der Waals surface area contributed by atoms with Crippen LogP contribution in [-0.4, -0.2) is 24.5 Å². The molecule has 0 aromatic heterocycles. The number of hydrogen-bond acceptors (Lipinski definition) is 3. The quantitative estimate of drug-likeness (QED) is 0.341. The lowest BCUT2D eigenvalue weighted by Crippen LogP contribution is -2.37. The lowest BCUT2D eigenvalue weighted by atomic mass is 10.0. The van der Waals surface area contributed by atoms with Crippen LogP contribution in [0.5, 0.6) is 0 Å². The van der Waals surface area contributed by atoms with Crippen LogP contribution in [0.25, 0.3) is 0 Å². The summed E-state index contributed by atoms with van der Waals surface area (Å²) in [7, 11) is 0.